The molecule has 2 N–H and O–H groups in total. The predicted octanol–water partition coefficient (Wildman–Crippen LogP) is 3.58. The van der Waals surface area contributed by atoms with E-state index in [4.69, 9.17) is 0 Å². The number of benzene rings is 1. The number of carbonyl (C=O) groups is 1. The zero-order valence-corrected chi connectivity index (χ0v) is 11.6. The number of carbonyl (C=O) groups excluding carboxylic acids is 1. The third-order valence-corrected chi connectivity index (χ3v) is 3.74. The summed E-state index contributed by atoms with van der Waals surface area (Å²) in [7, 11) is 0. The lowest BCUT2D eigenvalue weighted by atomic mass is 9.96. The van der Waals surface area contributed by atoms with E-state index in [1.807, 2.05) is 18.2 Å². The van der Waals surface area contributed by atoms with Crippen LogP contribution in [0.4, 0.5) is 5.69 Å². The van der Waals surface area contributed by atoms with E-state index < -0.39 is 0 Å². The van der Waals surface area contributed by atoms with Crippen LogP contribution in [-0.2, 0) is 11.2 Å². The van der Waals surface area contributed by atoms with Crippen LogP contribution in [0.15, 0.2) is 18.2 Å². The zero-order chi connectivity index (χ0) is 13.7. The zero-order valence-electron chi connectivity index (χ0n) is 11.6. The van der Waals surface area contributed by atoms with Crippen LogP contribution in [0, 0.1) is 0 Å². The van der Waals surface area contributed by atoms with Crippen LogP contribution >= 0.6 is 0 Å². The van der Waals surface area contributed by atoms with Crippen molar-refractivity contribution in [1.29, 1.82) is 0 Å². The van der Waals surface area contributed by atoms with Gasteiger partial charge in [0.2, 0.25) is 5.91 Å². The number of unbranched alkanes of at least 4 members (excludes halogenated alkanes) is 3. The second kappa shape index (κ2) is 6.71. The van der Waals surface area contributed by atoms with Gasteiger partial charge in [-0.3, -0.25) is 4.79 Å². The lowest BCUT2D eigenvalue weighted by molar-refractivity contribution is -0.116. The van der Waals surface area contributed by atoms with Crippen molar-refractivity contribution in [2.24, 2.45) is 0 Å². The highest BCUT2D eigenvalue weighted by molar-refractivity contribution is 5.93. The molecule has 0 radical (unpaired) electrons. The van der Waals surface area contributed by atoms with Crippen LogP contribution in [0.5, 0.6) is 0 Å². The Bertz CT molecular complexity index is 442. The fourth-order valence-electron chi connectivity index (χ4n) is 2.54. The smallest absolute Gasteiger partial charge is 0.224 e. The molecule has 1 heterocycles. The van der Waals surface area contributed by atoms with Gasteiger partial charge >= 0.3 is 0 Å². The van der Waals surface area contributed by atoms with Gasteiger partial charge in [0, 0.05) is 12.1 Å². The number of hydrogen-bond acceptors (Lipinski definition) is 2. The molecular weight excluding hydrogens is 238 g/mol. The van der Waals surface area contributed by atoms with Gasteiger partial charge in [-0.1, -0.05) is 44.7 Å². The van der Waals surface area contributed by atoms with Crippen molar-refractivity contribution < 1.29 is 9.90 Å². The molecule has 0 aromatic heterocycles. The summed E-state index contributed by atoms with van der Waals surface area (Å²) in [5.74, 6) is 0.0837. The first-order chi connectivity index (χ1) is 9.20. The van der Waals surface area contributed by atoms with Crippen molar-refractivity contribution >= 4 is 11.6 Å². The fourth-order valence-corrected chi connectivity index (χ4v) is 2.54. The minimum atomic E-state index is -0.375. The topological polar surface area (TPSA) is 49.3 Å². The SMILES string of the molecule is CCCCCCC(O)c1ccc2c(c1)CCC(=O)N2. The maximum atomic E-state index is 11.3. The Labute approximate surface area is 115 Å². The molecule has 3 heteroatoms. The first-order valence-corrected chi connectivity index (χ1v) is 7.31. The number of aliphatic hydroxyl groups excluding tert-OH is 1. The van der Waals surface area contributed by atoms with E-state index in [-0.39, 0.29) is 12.0 Å². The molecule has 1 aliphatic rings. The first kappa shape index (κ1) is 14.1. The molecule has 0 fully saturated rings. The average Bonchev–Trinajstić information content (AvgIpc) is 2.42. The van der Waals surface area contributed by atoms with Crippen LogP contribution < -0.4 is 5.32 Å². The number of anilines is 1. The highest BCUT2D eigenvalue weighted by atomic mass is 16.3. The standard InChI is InChI=1S/C16H23NO2/c1-2-3-4-5-6-15(18)13-7-9-14-12(11-13)8-10-16(19)17-14/h7,9,11,15,18H,2-6,8,10H2,1H3,(H,17,19). The van der Waals surface area contributed by atoms with E-state index in [9.17, 15) is 9.90 Å². The summed E-state index contributed by atoms with van der Waals surface area (Å²) in [5, 5.41) is 13.1. The highest BCUT2D eigenvalue weighted by Crippen LogP contribution is 2.28. The molecule has 0 saturated heterocycles. The maximum Gasteiger partial charge on any atom is 0.224 e. The van der Waals surface area contributed by atoms with Gasteiger partial charge in [-0.05, 0) is 30.0 Å². The summed E-state index contributed by atoms with van der Waals surface area (Å²) < 4.78 is 0. The van der Waals surface area contributed by atoms with Crippen molar-refractivity contribution in [3.8, 4) is 0 Å². The Hall–Kier alpha value is -1.35. The molecule has 0 aliphatic carbocycles. The lowest BCUT2D eigenvalue weighted by Gasteiger charge is -2.19. The Morgan fingerprint density at radius 3 is 2.89 bits per heavy atom. The van der Waals surface area contributed by atoms with Crippen molar-refractivity contribution in [3.63, 3.8) is 0 Å². The number of hydrogen-bond donors (Lipinski definition) is 2. The minimum absolute atomic E-state index is 0.0837. The van der Waals surface area contributed by atoms with Gasteiger partial charge in [0.05, 0.1) is 6.10 Å². The first-order valence-electron chi connectivity index (χ1n) is 7.31. The molecule has 1 atom stereocenters. The summed E-state index contributed by atoms with van der Waals surface area (Å²) >= 11 is 0. The van der Waals surface area contributed by atoms with Crippen LogP contribution in [0.3, 0.4) is 0 Å². The molecule has 1 aliphatic heterocycles. The van der Waals surface area contributed by atoms with E-state index in [1.165, 1.54) is 19.3 Å². The van der Waals surface area contributed by atoms with Gasteiger partial charge < -0.3 is 10.4 Å². The van der Waals surface area contributed by atoms with Gasteiger partial charge in [-0.15, -0.1) is 0 Å². The molecule has 1 aromatic carbocycles. The number of aryl methyl sites for hydroxylation is 1. The Morgan fingerprint density at radius 1 is 1.26 bits per heavy atom. The van der Waals surface area contributed by atoms with Gasteiger partial charge in [0.15, 0.2) is 0 Å². The molecular formula is C16H23NO2. The molecule has 0 bridgehead atoms. The summed E-state index contributed by atoms with van der Waals surface area (Å²) in [5.41, 5.74) is 3.02. The molecule has 3 nitrogen and oxygen atoms in total. The van der Waals surface area contributed by atoms with E-state index in [1.54, 1.807) is 0 Å². The summed E-state index contributed by atoms with van der Waals surface area (Å²) in [6, 6.07) is 5.88. The maximum absolute atomic E-state index is 11.3. The van der Waals surface area contributed by atoms with Crippen molar-refractivity contribution in [1.82, 2.24) is 0 Å². The van der Waals surface area contributed by atoms with Gasteiger partial charge in [0.1, 0.15) is 0 Å². The number of rotatable bonds is 6. The second-order valence-electron chi connectivity index (χ2n) is 5.33. The van der Waals surface area contributed by atoms with E-state index in [0.717, 1.165) is 36.1 Å². The summed E-state index contributed by atoms with van der Waals surface area (Å²) in [4.78, 5) is 11.3. The third kappa shape index (κ3) is 3.80. The molecule has 2 rings (SSSR count). The van der Waals surface area contributed by atoms with Crippen LogP contribution in [0.25, 0.3) is 0 Å². The molecule has 0 saturated carbocycles. The molecule has 19 heavy (non-hydrogen) atoms. The van der Waals surface area contributed by atoms with Crippen molar-refractivity contribution in [2.75, 3.05) is 5.32 Å². The largest absolute Gasteiger partial charge is 0.388 e. The molecule has 1 unspecified atom stereocenters. The van der Waals surface area contributed by atoms with Crippen molar-refractivity contribution in [2.45, 2.75) is 58.0 Å². The predicted molar refractivity (Wildman–Crippen MR) is 77.1 cm³/mol. The number of amides is 1. The van der Waals surface area contributed by atoms with E-state index in [0.29, 0.717) is 6.42 Å². The Kier molecular flexibility index (Phi) is 4.97. The molecule has 1 aromatic rings. The summed E-state index contributed by atoms with van der Waals surface area (Å²) in [6.45, 7) is 2.19. The van der Waals surface area contributed by atoms with E-state index >= 15 is 0 Å². The van der Waals surface area contributed by atoms with Gasteiger partial charge in [-0.2, -0.15) is 0 Å². The van der Waals surface area contributed by atoms with Gasteiger partial charge in [0.25, 0.3) is 0 Å². The van der Waals surface area contributed by atoms with Crippen molar-refractivity contribution in [3.05, 3.63) is 29.3 Å². The monoisotopic (exact) mass is 261 g/mol. The highest BCUT2D eigenvalue weighted by Gasteiger charge is 2.16. The third-order valence-electron chi connectivity index (χ3n) is 3.74. The number of aliphatic hydroxyl groups is 1. The lowest BCUT2D eigenvalue weighted by Crippen LogP contribution is -2.19. The molecule has 0 spiro atoms. The fraction of sp³-hybridized carbons (Fsp3) is 0.562. The molecule has 104 valence electrons. The van der Waals surface area contributed by atoms with Gasteiger partial charge in [-0.25, -0.2) is 0 Å². The Balaban J connectivity index is 1.95. The minimum Gasteiger partial charge on any atom is -0.388 e. The second-order valence-corrected chi connectivity index (χ2v) is 5.33. The Morgan fingerprint density at radius 2 is 2.11 bits per heavy atom. The van der Waals surface area contributed by atoms with Crippen LogP contribution in [-0.4, -0.2) is 11.0 Å². The quantitative estimate of drug-likeness (QED) is 0.769. The van der Waals surface area contributed by atoms with Crippen LogP contribution in [0.1, 0.15) is 62.7 Å². The summed E-state index contributed by atoms with van der Waals surface area (Å²) in [6.07, 6.45) is 6.49. The van der Waals surface area contributed by atoms with Crippen LogP contribution in [0.2, 0.25) is 0 Å². The number of fused-ring (bicyclic) bond motifs is 1. The van der Waals surface area contributed by atoms with E-state index in [2.05, 4.69) is 12.2 Å². The molecule has 1 amide bonds. The average molecular weight is 261 g/mol. The number of nitrogens with one attached hydrogen (secondary N) is 1. The normalized spacial score (nSPS) is 15.8.